The summed E-state index contributed by atoms with van der Waals surface area (Å²) in [5.74, 6) is -0.129. The first-order valence-corrected chi connectivity index (χ1v) is 10.1. The molecule has 158 valence electrons. The van der Waals surface area contributed by atoms with Crippen molar-refractivity contribution in [3.63, 3.8) is 0 Å². The van der Waals surface area contributed by atoms with E-state index in [0.717, 1.165) is 11.1 Å². The highest BCUT2D eigenvalue weighted by molar-refractivity contribution is 5.85. The molecule has 3 aromatic carbocycles. The molecule has 0 bridgehead atoms. The molecule has 6 heteroatoms. The molecule has 3 aromatic rings. The van der Waals surface area contributed by atoms with Gasteiger partial charge in [-0.05, 0) is 23.3 Å². The molecule has 1 aliphatic heterocycles. The normalized spacial score (nSPS) is 14.7. The van der Waals surface area contributed by atoms with E-state index in [1.54, 1.807) is 0 Å². The standard InChI is InChI=1S/C25H23NO5/c27-23(26-15-20-16-29-21-13-7-8-14-22(21)31-20)17-30-25(28)24(18-9-3-1-4-10-18)19-11-5-2-6-12-19/h1-14,20,24H,15-17H2,(H,26,27)/t20-/m0/s1. The van der Waals surface area contributed by atoms with Gasteiger partial charge in [0.25, 0.3) is 5.91 Å². The van der Waals surface area contributed by atoms with Crippen LogP contribution in [-0.4, -0.2) is 37.7 Å². The van der Waals surface area contributed by atoms with E-state index in [4.69, 9.17) is 14.2 Å². The zero-order valence-corrected chi connectivity index (χ0v) is 16.9. The molecule has 1 aliphatic rings. The number of carbonyl (C=O) groups is 2. The average Bonchev–Trinajstić information content (AvgIpc) is 2.83. The molecule has 0 radical (unpaired) electrons. The second kappa shape index (κ2) is 9.80. The number of benzene rings is 3. The summed E-state index contributed by atoms with van der Waals surface area (Å²) in [5.41, 5.74) is 1.62. The summed E-state index contributed by atoms with van der Waals surface area (Å²) in [6.45, 7) is 0.228. The van der Waals surface area contributed by atoms with E-state index in [9.17, 15) is 9.59 Å². The number of nitrogens with one attached hydrogen (secondary N) is 1. The van der Waals surface area contributed by atoms with E-state index < -0.39 is 17.8 Å². The molecule has 0 saturated heterocycles. The fraction of sp³-hybridized carbons (Fsp3) is 0.200. The Morgan fingerprint density at radius 2 is 1.45 bits per heavy atom. The van der Waals surface area contributed by atoms with Gasteiger partial charge in [-0.2, -0.15) is 0 Å². The highest BCUT2D eigenvalue weighted by Gasteiger charge is 2.25. The van der Waals surface area contributed by atoms with Crippen molar-refractivity contribution in [1.29, 1.82) is 0 Å². The molecule has 0 saturated carbocycles. The molecule has 1 N–H and O–H groups in total. The van der Waals surface area contributed by atoms with E-state index >= 15 is 0 Å². The van der Waals surface area contributed by atoms with Gasteiger partial charge in [-0.3, -0.25) is 9.59 Å². The smallest absolute Gasteiger partial charge is 0.318 e. The fourth-order valence-electron chi connectivity index (χ4n) is 3.42. The summed E-state index contributed by atoms with van der Waals surface area (Å²) < 4.78 is 16.8. The van der Waals surface area contributed by atoms with Gasteiger partial charge in [0.05, 0.1) is 6.54 Å². The third kappa shape index (κ3) is 5.22. The third-order valence-corrected chi connectivity index (χ3v) is 4.94. The monoisotopic (exact) mass is 417 g/mol. The molecule has 0 fully saturated rings. The molecular weight excluding hydrogens is 394 g/mol. The first kappa shape index (κ1) is 20.5. The zero-order valence-electron chi connectivity index (χ0n) is 16.9. The lowest BCUT2D eigenvalue weighted by Crippen LogP contribution is -2.42. The number of rotatable bonds is 7. The number of para-hydroxylation sites is 2. The molecule has 1 amide bonds. The van der Waals surface area contributed by atoms with E-state index in [1.165, 1.54) is 0 Å². The highest BCUT2D eigenvalue weighted by atomic mass is 16.6. The Kier molecular flexibility index (Phi) is 6.47. The van der Waals surface area contributed by atoms with E-state index in [1.807, 2.05) is 84.9 Å². The third-order valence-electron chi connectivity index (χ3n) is 4.94. The van der Waals surface area contributed by atoms with Gasteiger partial charge >= 0.3 is 5.97 Å². The van der Waals surface area contributed by atoms with Crippen LogP contribution in [0.15, 0.2) is 84.9 Å². The minimum absolute atomic E-state index is 0.255. The maximum Gasteiger partial charge on any atom is 0.318 e. The van der Waals surface area contributed by atoms with E-state index in [2.05, 4.69) is 5.32 Å². The molecule has 1 heterocycles. The van der Waals surface area contributed by atoms with Crippen LogP contribution in [0.1, 0.15) is 17.0 Å². The average molecular weight is 417 g/mol. The summed E-state index contributed by atoms with van der Waals surface area (Å²) in [6.07, 6.45) is -0.309. The van der Waals surface area contributed by atoms with Gasteiger partial charge < -0.3 is 19.5 Å². The Bertz CT molecular complexity index is 983. The molecule has 1 atom stereocenters. The van der Waals surface area contributed by atoms with Crippen LogP contribution in [0.5, 0.6) is 11.5 Å². The Morgan fingerprint density at radius 1 is 0.871 bits per heavy atom. The maximum absolute atomic E-state index is 12.8. The number of amides is 1. The van der Waals surface area contributed by atoms with Crippen LogP contribution in [0.4, 0.5) is 0 Å². The van der Waals surface area contributed by atoms with Gasteiger partial charge in [0.1, 0.15) is 18.6 Å². The van der Waals surface area contributed by atoms with Crippen LogP contribution in [0.2, 0.25) is 0 Å². The molecule has 31 heavy (non-hydrogen) atoms. The van der Waals surface area contributed by atoms with Crippen LogP contribution in [-0.2, 0) is 14.3 Å². The van der Waals surface area contributed by atoms with Crippen LogP contribution >= 0.6 is 0 Å². The van der Waals surface area contributed by atoms with Crippen LogP contribution in [0, 0.1) is 0 Å². The largest absolute Gasteiger partial charge is 0.486 e. The van der Waals surface area contributed by atoms with Crippen LogP contribution in [0.25, 0.3) is 0 Å². The molecule has 0 spiro atoms. The summed E-state index contributed by atoms with van der Waals surface area (Å²) >= 11 is 0. The Morgan fingerprint density at radius 3 is 2.10 bits per heavy atom. The topological polar surface area (TPSA) is 73.9 Å². The molecule has 4 rings (SSSR count). The fourth-order valence-corrected chi connectivity index (χ4v) is 3.42. The molecule has 0 aromatic heterocycles. The van der Waals surface area contributed by atoms with Crippen molar-refractivity contribution in [2.24, 2.45) is 0 Å². The quantitative estimate of drug-likeness (QED) is 0.597. The predicted molar refractivity (Wildman–Crippen MR) is 115 cm³/mol. The minimum Gasteiger partial charge on any atom is -0.486 e. The van der Waals surface area contributed by atoms with Crippen molar-refractivity contribution in [2.75, 3.05) is 19.8 Å². The summed E-state index contributed by atoms with van der Waals surface area (Å²) in [5, 5.41) is 2.74. The van der Waals surface area contributed by atoms with Gasteiger partial charge in [-0.1, -0.05) is 72.8 Å². The SMILES string of the molecule is O=C(COC(=O)C(c1ccccc1)c1ccccc1)NC[C@H]1COc2ccccc2O1. The number of carbonyl (C=O) groups excluding carboxylic acids is 2. The van der Waals surface area contributed by atoms with E-state index in [0.29, 0.717) is 18.1 Å². The van der Waals surface area contributed by atoms with Crippen molar-refractivity contribution >= 4 is 11.9 Å². The van der Waals surface area contributed by atoms with Crippen LogP contribution in [0.3, 0.4) is 0 Å². The first-order chi connectivity index (χ1) is 15.2. The Hall–Kier alpha value is -3.80. The molecule has 0 aliphatic carbocycles. The Labute approximate surface area is 180 Å². The van der Waals surface area contributed by atoms with Crippen molar-refractivity contribution in [2.45, 2.75) is 12.0 Å². The summed E-state index contributed by atoms with van der Waals surface area (Å²) in [7, 11) is 0. The highest BCUT2D eigenvalue weighted by Crippen LogP contribution is 2.30. The first-order valence-electron chi connectivity index (χ1n) is 10.1. The van der Waals surface area contributed by atoms with Crippen molar-refractivity contribution in [3.05, 3.63) is 96.1 Å². The number of fused-ring (bicyclic) bond motifs is 1. The number of hydrogen-bond acceptors (Lipinski definition) is 5. The zero-order chi connectivity index (χ0) is 21.5. The van der Waals surface area contributed by atoms with Gasteiger partial charge in [-0.25, -0.2) is 0 Å². The molecule has 6 nitrogen and oxygen atoms in total. The van der Waals surface area contributed by atoms with Crippen molar-refractivity contribution < 1.29 is 23.8 Å². The summed E-state index contributed by atoms with van der Waals surface area (Å²) in [6, 6.07) is 26.1. The lowest BCUT2D eigenvalue weighted by atomic mass is 9.91. The Balaban J connectivity index is 1.31. The van der Waals surface area contributed by atoms with Gasteiger partial charge in [0.2, 0.25) is 0 Å². The van der Waals surface area contributed by atoms with Crippen LogP contribution < -0.4 is 14.8 Å². The maximum atomic E-state index is 12.8. The lowest BCUT2D eigenvalue weighted by Gasteiger charge is -2.26. The van der Waals surface area contributed by atoms with Crippen molar-refractivity contribution in [1.82, 2.24) is 5.32 Å². The minimum atomic E-state index is -0.596. The van der Waals surface area contributed by atoms with Gasteiger partial charge in [0.15, 0.2) is 18.1 Å². The molecule has 0 unspecified atom stereocenters. The predicted octanol–water partition coefficient (Wildman–Crippen LogP) is 3.32. The number of ether oxygens (including phenoxy) is 3. The van der Waals surface area contributed by atoms with E-state index in [-0.39, 0.29) is 19.3 Å². The summed E-state index contributed by atoms with van der Waals surface area (Å²) in [4.78, 5) is 25.1. The number of esters is 1. The van der Waals surface area contributed by atoms with Gasteiger partial charge in [0, 0.05) is 0 Å². The number of hydrogen-bond donors (Lipinski definition) is 1. The second-order valence-electron chi connectivity index (χ2n) is 7.16. The van der Waals surface area contributed by atoms with Crippen molar-refractivity contribution in [3.8, 4) is 11.5 Å². The molecular formula is C25H23NO5. The van der Waals surface area contributed by atoms with Gasteiger partial charge in [-0.15, -0.1) is 0 Å². The lowest BCUT2D eigenvalue weighted by molar-refractivity contribution is -0.149. The second-order valence-corrected chi connectivity index (χ2v) is 7.16.